The Balaban J connectivity index is 1.65. The van der Waals surface area contributed by atoms with Crippen molar-refractivity contribution in [2.75, 3.05) is 24.7 Å². The lowest BCUT2D eigenvalue weighted by Crippen LogP contribution is -2.22. The Bertz CT molecular complexity index is 1290. The van der Waals surface area contributed by atoms with Crippen molar-refractivity contribution in [1.82, 2.24) is 9.88 Å². The number of aromatic nitrogens is 1. The van der Waals surface area contributed by atoms with E-state index in [0.29, 0.717) is 5.56 Å². The van der Waals surface area contributed by atoms with Crippen LogP contribution < -0.4 is 5.32 Å². The van der Waals surface area contributed by atoms with Gasteiger partial charge in [0, 0.05) is 34.5 Å². The van der Waals surface area contributed by atoms with Gasteiger partial charge in [0.05, 0.1) is 5.69 Å². The summed E-state index contributed by atoms with van der Waals surface area (Å²) in [5.74, 6) is -0.125. The second-order valence-corrected chi connectivity index (χ2v) is 9.20. The fraction of sp³-hybridized carbons (Fsp3) is 0.200. The highest BCUT2D eigenvalue weighted by Crippen LogP contribution is 2.30. The fourth-order valence-corrected chi connectivity index (χ4v) is 4.56. The zero-order valence-electron chi connectivity index (χ0n) is 20.5. The van der Waals surface area contributed by atoms with E-state index in [4.69, 9.17) is 0 Å². The maximum Gasteiger partial charge on any atom is 0.256 e. The first kappa shape index (κ1) is 24.7. The molecule has 1 amide bonds. The van der Waals surface area contributed by atoms with Crippen LogP contribution in [0, 0.1) is 0 Å². The molecule has 3 aromatic carbocycles. The Morgan fingerprint density at radius 1 is 0.886 bits per heavy atom. The molecule has 0 spiro atoms. The number of rotatable bonds is 9. The Morgan fingerprint density at radius 2 is 1.69 bits per heavy atom. The summed E-state index contributed by atoms with van der Waals surface area (Å²) in [4.78, 5) is 21.4. The van der Waals surface area contributed by atoms with Crippen LogP contribution in [0.5, 0.6) is 0 Å². The van der Waals surface area contributed by atoms with E-state index in [0.717, 1.165) is 52.6 Å². The molecule has 5 heteroatoms. The standard InChI is InChI=1S/C30H31N3OS/c1-4-33(5-2)21-22-10-8-11-23(18-22)28-20-26(35-3)15-16-27(28)30(34)32-25-13-9-12-24(19-25)29-14-6-7-17-31-29/h6-20H,4-5,21H2,1-3H3,(H,32,34). The Labute approximate surface area is 212 Å². The first-order valence-electron chi connectivity index (χ1n) is 11.9. The number of pyridine rings is 1. The number of hydrogen-bond acceptors (Lipinski definition) is 4. The number of carbonyl (C=O) groups is 1. The van der Waals surface area contributed by atoms with Crippen LogP contribution in [0.1, 0.15) is 29.8 Å². The van der Waals surface area contributed by atoms with Gasteiger partial charge in [0.25, 0.3) is 5.91 Å². The van der Waals surface area contributed by atoms with E-state index in [2.05, 4.69) is 65.6 Å². The molecule has 0 unspecified atom stereocenters. The first-order chi connectivity index (χ1) is 17.1. The number of nitrogens with one attached hydrogen (secondary N) is 1. The molecule has 1 heterocycles. The molecule has 0 aliphatic heterocycles. The fourth-order valence-electron chi connectivity index (χ4n) is 4.12. The number of nitrogens with zero attached hydrogens (tertiary/aromatic N) is 2. The molecule has 0 bridgehead atoms. The number of anilines is 1. The van der Waals surface area contributed by atoms with Gasteiger partial charge in [0.2, 0.25) is 0 Å². The van der Waals surface area contributed by atoms with Crippen LogP contribution in [0.15, 0.2) is 96.0 Å². The summed E-state index contributed by atoms with van der Waals surface area (Å²) in [6.45, 7) is 7.27. The minimum absolute atomic E-state index is 0.125. The van der Waals surface area contributed by atoms with Crippen molar-refractivity contribution in [3.63, 3.8) is 0 Å². The molecule has 1 aromatic heterocycles. The molecule has 1 N–H and O–H groups in total. The molecule has 0 fully saturated rings. The van der Waals surface area contributed by atoms with Crippen molar-refractivity contribution >= 4 is 23.4 Å². The summed E-state index contributed by atoms with van der Waals surface area (Å²) >= 11 is 1.68. The minimum atomic E-state index is -0.125. The molecule has 4 aromatic rings. The molecule has 178 valence electrons. The summed E-state index contributed by atoms with van der Waals surface area (Å²) in [5, 5.41) is 3.10. The van der Waals surface area contributed by atoms with E-state index >= 15 is 0 Å². The Hall–Kier alpha value is -3.41. The summed E-state index contributed by atoms with van der Waals surface area (Å²) in [7, 11) is 0. The molecule has 35 heavy (non-hydrogen) atoms. The van der Waals surface area contributed by atoms with Gasteiger partial charge in [-0.2, -0.15) is 0 Å². The van der Waals surface area contributed by atoms with Crippen molar-refractivity contribution in [2.24, 2.45) is 0 Å². The molecular weight excluding hydrogens is 450 g/mol. The number of thioether (sulfide) groups is 1. The summed E-state index contributed by atoms with van der Waals surface area (Å²) in [5.41, 5.74) is 6.48. The van der Waals surface area contributed by atoms with Gasteiger partial charge in [-0.25, -0.2) is 0 Å². The van der Waals surface area contributed by atoms with Crippen LogP contribution >= 0.6 is 11.8 Å². The summed E-state index contributed by atoms with van der Waals surface area (Å²) < 4.78 is 0. The highest BCUT2D eigenvalue weighted by atomic mass is 32.2. The van der Waals surface area contributed by atoms with Crippen molar-refractivity contribution in [3.05, 3.63) is 102 Å². The Kier molecular flexibility index (Phi) is 8.35. The molecule has 0 saturated carbocycles. The van der Waals surface area contributed by atoms with Gasteiger partial charge in [0.1, 0.15) is 0 Å². The van der Waals surface area contributed by atoms with Gasteiger partial charge in [-0.05, 0) is 84.6 Å². The van der Waals surface area contributed by atoms with Crippen molar-refractivity contribution < 1.29 is 4.79 Å². The van der Waals surface area contributed by atoms with Gasteiger partial charge in [-0.1, -0.05) is 50.2 Å². The number of amides is 1. The lowest BCUT2D eigenvalue weighted by atomic mass is 9.97. The monoisotopic (exact) mass is 481 g/mol. The molecule has 0 radical (unpaired) electrons. The molecule has 0 aliphatic rings. The third kappa shape index (κ3) is 6.18. The normalized spacial score (nSPS) is 11.0. The van der Waals surface area contributed by atoms with Gasteiger partial charge < -0.3 is 5.32 Å². The predicted molar refractivity (Wildman–Crippen MR) is 148 cm³/mol. The SMILES string of the molecule is CCN(CC)Cc1cccc(-c2cc(SC)ccc2C(=O)Nc2cccc(-c3ccccn3)c2)c1. The zero-order valence-corrected chi connectivity index (χ0v) is 21.3. The average molecular weight is 482 g/mol. The van der Waals surface area contributed by atoms with E-state index in [1.165, 1.54) is 5.56 Å². The van der Waals surface area contributed by atoms with Crippen molar-refractivity contribution in [1.29, 1.82) is 0 Å². The number of carbonyl (C=O) groups excluding carboxylic acids is 1. The maximum atomic E-state index is 13.5. The molecular formula is C30H31N3OS. The summed E-state index contributed by atoms with van der Waals surface area (Å²) in [6, 6.07) is 28.2. The second kappa shape index (κ2) is 11.8. The quantitative estimate of drug-likeness (QED) is 0.256. The number of benzene rings is 3. The number of hydrogen-bond donors (Lipinski definition) is 1. The third-order valence-corrected chi connectivity index (χ3v) is 6.82. The highest BCUT2D eigenvalue weighted by Gasteiger charge is 2.15. The smallest absolute Gasteiger partial charge is 0.256 e. The predicted octanol–water partition coefficient (Wildman–Crippen LogP) is 7.23. The molecule has 0 atom stereocenters. The van der Waals surface area contributed by atoms with Crippen LogP contribution in [-0.4, -0.2) is 35.1 Å². The zero-order chi connectivity index (χ0) is 24.6. The average Bonchev–Trinajstić information content (AvgIpc) is 2.92. The molecule has 4 rings (SSSR count). The lowest BCUT2D eigenvalue weighted by Gasteiger charge is -2.19. The van der Waals surface area contributed by atoms with Gasteiger partial charge >= 0.3 is 0 Å². The van der Waals surface area contributed by atoms with Gasteiger partial charge in [0.15, 0.2) is 0 Å². The molecule has 4 nitrogen and oxygen atoms in total. The van der Waals surface area contributed by atoms with Crippen molar-refractivity contribution in [3.8, 4) is 22.4 Å². The third-order valence-electron chi connectivity index (χ3n) is 6.09. The van der Waals surface area contributed by atoms with E-state index in [1.54, 1.807) is 18.0 Å². The lowest BCUT2D eigenvalue weighted by molar-refractivity contribution is 0.102. The second-order valence-electron chi connectivity index (χ2n) is 8.32. The Morgan fingerprint density at radius 3 is 2.43 bits per heavy atom. The topological polar surface area (TPSA) is 45.2 Å². The van der Waals surface area contributed by atoms with Crippen LogP contribution in [0.3, 0.4) is 0 Å². The minimum Gasteiger partial charge on any atom is -0.322 e. The van der Waals surface area contributed by atoms with Crippen molar-refractivity contribution in [2.45, 2.75) is 25.3 Å². The van der Waals surface area contributed by atoms with E-state index < -0.39 is 0 Å². The first-order valence-corrected chi connectivity index (χ1v) is 13.2. The van der Waals surface area contributed by atoms with E-state index in [1.807, 2.05) is 54.6 Å². The van der Waals surface area contributed by atoms with Crippen LogP contribution in [0.2, 0.25) is 0 Å². The summed E-state index contributed by atoms with van der Waals surface area (Å²) in [6.07, 6.45) is 3.83. The highest BCUT2D eigenvalue weighted by molar-refractivity contribution is 7.98. The van der Waals surface area contributed by atoms with Crippen LogP contribution in [0.25, 0.3) is 22.4 Å². The largest absolute Gasteiger partial charge is 0.322 e. The molecule has 0 saturated heterocycles. The van der Waals surface area contributed by atoms with Gasteiger partial charge in [-0.3, -0.25) is 14.7 Å². The maximum absolute atomic E-state index is 13.5. The van der Waals surface area contributed by atoms with E-state index in [9.17, 15) is 4.79 Å². The van der Waals surface area contributed by atoms with E-state index in [-0.39, 0.29) is 5.91 Å². The van der Waals surface area contributed by atoms with Gasteiger partial charge in [-0.15, -0.1) is 11.8 Å². The molecule has 0 aliphatic carbocycles. The van der Waals surface area contributed by atoms with Crippen LogP contribution in [0.4, 0.5) is 5.69 Å². The van der Waals surface area contributed by atoms with Crippen LogP contribution in [-0.2, 0) is 6.54 Å².